The van der Waals surface area contributed by atoms with Gasteiger partial charge in [-0.15, -0.1) is 0 Å². The second-order valence-corrected chi connectivity index (χ2v) is 6.49. The lowest BCUT2D eigenvalue weighted by Crippen LogP contribution is -2.43. The maximum atomic E-state index is 13.1. The van der Waals surface area contributed by atoms with Crippen molar-refractivity contribution in [3.05, 3.63) is 68.8 Å². The predicted molar refractivity (Wildman–Crippen MR) is 92.5 cm³/mol. The molecule has 0 saturated carbocycles. The van der Waals surface area contributed by atoms with Crippen molar-refractivity contribution in [3.63, 3.8) is 0 Å². The molecule has 0 saturated heterocycles. The Kier molecular flexibility index (Phi) is 6.24. The van der Waals surface area contributed by atoms with Crippen molar-refractivity contribution in [2.75, 3.05) is 0 Å². The third-order valence-electron chi connectivity index (χ3n) is 3.25. The summed E-state index contributed by atoms with van der Waals surface area (Å²) in [6, 6.07) is 8.93. The van der Waals surface area contributed by atoms with Gasteiger partial charge in [0.2, 0.25) is 5.91 Å². The van der Waals surface area contributed by atoms with E-state index in [0.717, 1.165) is 21.3 Å². The molecule has 0 aliphatic carbocycles. The van der Waals surface area contributed by atoms with E-state index in [1.54, 1.807) is 12.1 Å². The zero-order valence-electron chi connectivity index (χ0n) is 12.4. The number of nitrogens with one attached hydrogen (secondary N) is 1. The van der Waals surface area contributed by atoms with Gasteiger partial charge in [-0.2, -0.15) is 0 Å². The molecule has 1 amide bonds. The van der Waals surface area contributed by atoms with Gasteiger partial charge in [-0.25, -0.2) is 13.6 Å². The van der Waals surface area contributed by atoms with Crippen LogP contribution in [0.2, 0.25) is 0 Å². The molecule has 2 rings (SSSR count). The second-order valence-electron chi connectivity index (χ2n) is 5.25. The fourth-order valence-electron chi connectivity index (χ4n) is 2.24. The van der Waals surface area contributed by atoms with Crippen LogP contribution in [0.4, 0.5) is 8.78 Å². The second kappa shape index (κ2) is 8.18. The molecular formula is C17H14F2INO3. The number of aliphatic carboxylic acids is 1. The molecule has 0 aliphatic rings. The molecule has 4 nitrogen and oxygen atoms in total. The highest BCUT2D eigenvalue weighted by Gasteiger charge is 2.20. The lowest BCUT2D eigenvalue weighted by atomic mass is 10.1. The van der Waals surface area contributed by atoms with Crippen LogP contribution in [0.25, 0.3) is 0 Å². The standard InChI is InChI=1S/C17H14F2INO3/c18-12-4-11(5-13(19)9-12)8-16(22)21-15(17(23)24)7-10-2-1-3-14(20)6-10/h1-6,9,15H,7-8H2,(H,21,22)(H,23,24)/t15-/m0/s1. The molecule has 0 aromatic heterocycles. The van der Waals surface area contributed by atoms with Crippen molar-refractivity contribution in [3.8, 4) is 0 Å². The molecule has 2 aromatic rings. The fourth-order valence-corrected chi connectivity index (χ4v) is 2.85. The average molecular weight is 445 g/mol. The van der Waals surface area contributed by atoms with E-state index in [-0.39, 0.29) is 18.4 Å². The highest BCUT2D eigenvalue weighted by Crippen LogP contribution is 2.11. The summed E-state index contributed by atoms with van der Waals surface area (Å²) in [5.41, 5.74) is 0.912. The van der Waals surface area contributed by atoms with Gasteiger partial charge in [0.05, 0.1) is 6.42 Å². The number of hydrogen-bond acceptors (Lipinski definition) is 2. The van der Waals surface area contributed by atoms with Gasteiger partial charge < -0.3 is 10.4 Å². The Morgan fingerprint density at radius 3 is 2.33 bits per heavy atom. The summed E-state index contributed by atoms with van der Waals surface area (Å²) in [6.07, 6.45) is -0.180. The summed E-state index contributed by atoms with van der Waals surface area (Å²) in [6.45, 7) is 0. The molecule has 0 radical (unpaired) electrons. The molecular weight excluding hydrogens is 431 g/mol. The minimum atomic E-state index is -1.17. The van der Waals surface area contributed by atoms with Gasteiger partial charge in [-0.05, 0) is 58.0 Å². The van der Waals surface area contributed by atoms with Crippen LogP contribution in [0.5, 0.6) is 0 Å². The van der Waals surface area contributed by atoms with Crippen LogP contribution in [-0.4, -0.2) is 23.0 Å². The zero-order chi connectivity index (χ0) is 17.7. The Morgan fingerprint density at radius 1 is 1.08 bits per heavy atom. The molecule has 24 heavy (non-hydrogen) atoms. The zero-order valence-corrected chi connectivity index (χ0v) is 14.6. The van der Waals surface area contributed by atoms with E-state index in [4.69, 9.17) is 0 Å². The number of carboxylic acids is 1. The molecule has 0 spiro atoms. The SMILES string of the molecule is O=C(Cc1cc(F)cc(F)c1)N[C@@H](Cc1cccc(I)c1)C(=O)O. The van der Waals surface area contributed by atoms with E-state index in [9.17, 15) is 23.5 Å². The number of amides is 1. The van der Waals surface area contributed by atoms with Crippen molar-refractivity contribution in [2.24, 2.45) is 0 Å². The van der Waals surface area contributed by atoms with Gasteiger partial charge in [-0.1, -0.05) is 12.1 Å². The molecule has 0 fully saturated rings. The van der Waals surface area contributed by atoms with Gasteiger partial charge in [0, 0.05) is 16.1 Å². The van der Waals surface area contributed by atoms with Gasteiger partial charge in [0.1, 0.15) is 17.7 Å². The third-order valence-corrected chi connectivity index (χ3v) is 3.92. The van der Waals surface area contributed by atoms with Crippen molar-refractivity contribution < 1.29 is 23.5 Å². The quantitative estimate of drug-likeness (QED) is 0.673. The lowest BCUT2D eigenvalue weighted by molar-refractivity contribution is -0.141. The average Bonchev–Trinajstić information content (AvgIpc) is 2.45. The van der Waals surface area contributed by atoms with Crippen LogP contribution in [0.3, 0.4) is 0 Å². The number of benzene rings is 2. The maximum absolute atomic E-state index is 13.1. The summed E-state index contributed by atoms with van der Waals surface area (Å²) in [7, 11) is 0. The summed E-state index contributed by atoms with van der Waals surface area (Å²) < 4.78 is 27.2. The number of carbonyl (C=O) groups excluding carboxylic acids is 1. The Balaban J connectivity index is 2.04. The maximum Gasteiger partial charge on any atom is 0.326 e. The molecule has 0 heterocycles. The smallest absolute Gasteiger partial charge is 0.326 e. The molecule has 2 N–H and O–H groups in total. The number of carboxylic acid groups (broad SMARTS) is 1. The predicted octanol–water partition coefficient (Wildman–Crippen LogP) is 2.92. The Morgan fingerprint density at radius 2 is 1.75 bits per heavy atom. The number of halogens is 3. The molecule has 2 aromatic carbocycles. The summed E-state index contributed by atoms with van der Waals surface area (Å²) in [4.78, 5) is 23.3. The van der Waals surface area contributed by atoms with Crippen molar-refractivity contribution >= 4 is 34.5 Å². The molecule has 0 unspecified atom stereocenters. The van der Waals surface area contributed by atoms with Gasteiger partial charge >= 0.3 is 5.97 Å². The van der Waals surface area contributed by atoms with Gasteiger partial charge in [0.15, 0.2) is 0 Å². The summed E-state index contributed by atoms with van der Waals surface area (Å²) >= 11 is 2.11. The number of carbonyl (C=O) groups is 2. The van der Waals surface area contributed by atoms with Crippen LogP contribution < -0.4 is 5.32 Å². The molecule has 0 aliphatic heterocycles. The van der Waals surface area contributed by atoms with Crippen molar-refractivity contribution in [1.29, 1.82) is 0 Å². The van der Waals surface area contributed by atoms with Crippen LogP contribution in [0.1, 0.15) is 11.1 Å². The first kappa shape index (κ1) is 18.3. The van der Waals surface area contributed by atoms with Crippen LogP contribution in [-0.2, 0) is 22.4 Å². The molecule has 7 heteroatoms. The van der Waals surface area contributed by atoms with E-state index in [2.05, 4.69) is 27.9 Å². The minimum Gasteiger partial charge on any atom is -0.480 e. The van der Waals surface area contributed by atoms with Crippen molar-refractivity contribution in [2.45, 2.75) is 18.9 Å². The number of hydrogen-bond donors (Lipinski definition) is 2. The molecule has 126 valence electrons. The topological polar surface area (TPSA) is 66.4 Å². The van der Waals surface area contributed by atoms with E-state index >= 15 is 0 Å². The molecule has 1 atom stereocenters. The monoisotopic (exact) mass is 445 g/mol. The Labute approximate surface area is 151 Å². The number of rotatable bonds is 6. The Bertz CT molecular complexity index is 747. The lowest BCUT2D eigenvalue weighted by Gasteiger charge is -2.15. The van der Waals surface area contributed by atoms with Crippen LogP contribution >= 0.6 is 22.6 Å². The summed E-state index contributed by atoms with van der Waals surface area (Å²) in [5.74, 6) is -3.36. The third kappa shape index (κ3) is 5.55. The Hall–Kier alpha value is -2.03. The first-order chi connectivity index (χ1) is 11.3. The van der Waals surface area contributed by atoms with Gasteiger partial charge in [-0.3, -0.25) is 4.79 Å². The van der Waals surface area contributed by atoms with E-state index in [0.29, 0.717) is 6.07 Å². The first-order valence-corrected chi connectivity index (χ1v) is 8.13. The van der Waals surface area contributed by atoms with E-state index < -0.39 is 29.6 Å². The van der Waals surface area contributed by atoms with E-state index in [1.807, 2.05) is 12.1 Å². The minimum absolute atomic E-state index is 0.120. The van der Waals surface area contributed by atoms with Crippen LogP contribution in [0, 0.1) is 15.2 Å². The van der Waals surface area contributed by atoms with Crippen LogP contribution in [0.15, 0.2) is 42.5 Å². The van der Waals surface area contributed by atoms with Gasteiger partial charge in [0.25, 0.3) is 0 Å². The molecule has 0 bridgehead atoms. The highest BCUT2D eigenvalue weighted by molar-refractivity contribution is 14.1. The van der Waals surface area contributed by atoms with E-state index in [1.165, 1.54) is 0 Å². The first-order valence-electron chi connectivity index (χ1n) is 7.05. The fraction of sp³-hybridized carbons (Fsp3) is 0.176. The summed E-state index contributed by atoms with van der Waals surface area (Å²) in [5, 5.41) is 11.7. The normalized spacial score (nSPS) is 11.8. The highest BCUT2D eigenvalue weighted by atomic mass is 127. The van der Waals surface area contributed by atoms with Crippen molar-refractivity contribution in [1.82, 2.24) is 5.32 Å². The largest absolute Gasteiger partial charge is 0.480 e.